The smallest absolute Gasteiger partial charge is 0.182 e. The molecule has 0 bridgehead atoms. The summed E-state index contributed by atoms with van der Waals surface area (Å²) >= 11 is 5.16. The molecule has 1 aromatic heterocycles. The molecule has 0 aliphatic heterocycles. The van der Waals surface area contributed by atoms with Crippen LogP contribution in [0.25, 0.3) is 5.69 Å². The molecular weight excluding hydrogens is 232 g/mol. The average Bonchev–Trinajstić information content (AvgIpc) is 2.68. The molecule has 1 N–H and O–H groups in total. The molecule has 0 unspecified atom stereocenters. The van der Waals surface area contributed by atoms with E-state index >= 15 is 0 Å². The molecule has 0 radical (unpaired) electrons. The van der Waals surface area contributed by atoms with Crippen molar-refractivity contribution in [1.82, 2.24) is 9.55 Å². The molecule has 82 valence electrons. The third-order valence-corrected chi connectivity index (χ3v) is 2.76. The molecular formula is C12H8N4S. The Bertz CT molecular complexity index is 709. The second-order valence-electron chi connectivity index (χ2n) is 3.52. The van der Waals surface area contributed by atoms with E-state index in [-0.39, 0.29) is 0 Å². The number of H-pyrrole nitrogens is 1. The lowest BCUT2D eigenvalue weighted by Crippen LogP contribution is -1.98. The topological polar surface area (TPSA) is 68.3 Å². The Morgan fingerprint density at radius 1 is 1.24 bits per heavy atom. The molecule has 2 aromatic rings. The van der Waals surface area contributed by atoms with Crippen molar-refractivity contribution in [3.05, 3.63) is 46.0 Å². The summed E-state index contributed by atoms with van der Waals surface area (Å²) in [5.41, 5.74) is 2.45. The fraction of sp³-hybridized carbons (Fsp3) is 0.0833. The molecule has 2 rings (SSSR count). The van der Waals surface area contributed by atoms with Crippen molar-refractivity contribution in [2.75, 3.05) is 0 Å². The Morgan fingerprint density at radius 3 is 2.47 bits per heavy atom. The van der Waals surface area contributed by atoms with Gasteiger partial charge in [0.25, 0.3) is 0 Å². The maximum atomic E-state index is 8.97. The number of hydrogen-bond acceptors (Lipinski definition) is 3. The number of nitrogens with zero attached hydrogens (tertiary/aromatic N) is 3. The fourth-order valence-corrected chi connectivity index (χ4v) is 1.95. The highest BCUT2D eigenvalue weighted by Gasteiger charge is 2.06. The first-order chi connectivity index (χ1) is 8.17. The number of rotatable bonds is 1. The van der Waals surface area contributed by atoms with E-state index in [1.807, 2.05) is 23.6 Å². The van der Waals surface area contributed by atoms with Gasteiger partial charge in [-0.3, -0.25) is 4.57 Å². The van der Waals surface area contributed by atoms with E-state index in [9.17, 15) is 0 Å². The lowest BCUT2D eigenvalue weighted by atomic mass is 10.1. The molecule has 1 heterocycles. The van der Waals surface area contributed by atoms with Crippen LogP contribution in [0.2, 0.25) is 0 Å². The van der Waals surface area contributed by atoms with Crippen LogP contribution in [0, 0.1) is 34.4 Å². The van der Waals surface area contributed by atoms with Gasteiger partial charge >= 0.3 is 0 Å². The van der Waals surface area contributed by atoms with Gasteiger partial charge in [-0.15, -0.1) is 0 Å². The Balaban J connectivity index is 2.68. The SMILES string of the molecule is Cc1c[nH]c(=S)n1-c1ccc(C#N)c(C#N)c1. The number of aromatic amines is 1. The summed E-state index contributed by atoms with van der Waals surface area (Å²) in [4.78, 5) is 2.93. The quantitative estimate of drug-likeness (QED) is 0.779. The van der Waals surface area contributed by atoms with Gasteiger partial charge in [-0.05, 0) is 37.3 Å². The third kappa shape index (κ3) is 1.84. The van der Waals surface area contributed by atoms with E-state index in [1.165, 1.54) is 0 Å². The van der Waals surface area contributed by atoms with E-state index in [1.54, 1.807) is 24.4 Å². The largest absolute Gasteiger partial charge is 0.337 e. The molecule has 0 aliphatic carbocycles. The number of aromatic nitrogens is 2. The minimum atomic E-state index is 0.354. The van der Waals surface area contributed by atoms with Crippen LogP contribution in [-0.2, 0) is 0 Å². The maximum Gasteiger partial charge on any atom is 0.182 e. The van der Waals surface area contributed by atoms with Gasteiger partial charge in [-0.2, -0.15) is 10.5 Å². The van der Waals surface area contributed by atoms with Crippen molar-refractivity contribution in [1.29, 1.82) is 10.5 Å². The second-order valence-corrected chi connectivity index (χ2v) is 3.91. The molecule has 17 heavy (non-hydrogen) atoms. The zero-order valence-electron chi connectivity index (χ0n) is 9.06. The molecule has 4 nitrogen and oxygen atoms in total. The van der Waals surface area contributed by atoms with Gasteiger partial charge in [-0.25, -0.2) is 0 Å². The number of nitriles is 2. The van der Waals surface area contributed by atoms with Gasteiger partial charge in [0.15, 0.2) is 4.77 Å². The van der Waals surface area contributed by atoms with Crippen molar-refractivity contribution in [2.45, 2.75) is 6.92 Å². The fourth-order valence-electron chi connectivity index (χ4n) is 1.64. The van der Waals surface area contributed by atoms with E-state index < -0.39 is 0 Å². The molecule has 0 spiro atoms. The Kier molecular flexibility index (Phi) is 2.78. The number of imidazole rings is 1. The Morgan fingerprint density at radius 2 is 1.94 bits per heavy atom. The van der Waals surface area contributed by atoms with Gasteiger partial charge < -0.3 is 4.98 Å². The number of aryl methyl sites for hydroxylation is 1. The molecule has 5 heteroatoms. The summed E-state index contributed by atoms with van der Waals surface area (Å²) in [6.07, 6.45) is 1.80. The van der Waals surface area contributed by atoms with Crippen LogP contribution in [0.15, 0.2) is 24.4 Å². The first-order valence-electron chi connectivity index (χ1n) is 4.89. The van der Waals surface area contributed by atoms with Gasteiger partial charge in [0.1, 0.15) is 12.1 Å². The van der Waals surface area contributed by atoms with E-state index in [0.717, 1.165) is 11.4 Å². The summed E-state index contributed by atoms with van der Waals surface area (Å²) in [6, 6.07) is 9.05. The van der Waals surface area contributed by atoms with Crippen LogP contribution in [0.3, 0.4) is 0 Å². The van der Waals surface area contributed by atoms with Crippen LogP contribution in [-0.4, -0.2) is 9.55 Å². The lowest BCUT2D eigenvalue weighted by molar-refractivity contribution is 0.984. The van der Waals surface area contributed by atoms with Gasteiger partial charge in [0.2, 0.25) is 0 Å². The predicted molar refractivity (Wildman–Crippen MR) is 65.1 cm³/mol. The second kappa shape index (κ2) is 4.25. The van der Waals surface area contributed by atoms with Crippen molar-refractivity contribution < 1.29 is 0 Å². The van der Waals surface area contributed by atoms with E-state index in [2.05, 4.69) is 4.98 Å². The van der Waals surface area contributed by atoms with Crippen LogP contribution >= 0.6 is 12.2 Å². The normalized spacial score (nSPS) is 9.59. The van der Waals surface area contributed by atoms with Crippen molar-refractivity contribution in [2.24, 2.45) is 0 Å². The minimum absolute atomic E-state index is 0.354. The highest BCUT2D eigenvalue weighted by Crippen LogP contribution is 2.16. The molecule has 0 saturated carbocycles. The summed E-state index contributed by atoms with van der Waals surface area (Å²) in [5, 5.41) is 17.8. The Labute approximate surface area is 103 Å². The zero-order chi connectivity index (χ0) is 12.4. The summed E-state index contributed by atoms with van der Waals surface area (Å²) in [7, 11) is 0. The van der Waals surface area contributed by atoms with Crippen molar-refractivity contribution >= 4 is 12.2 Å². The van der Waals surface area contributed by atoms with Crippen LogP contribution in [0.5, 0.6) is 0 Å². The number of benzene rings is 1. The van der Waals surface area contributed by atoms with Crippen LogP contribution < -0.4 is 0 Å². The molecule has 0 amide bonds. The van der Waals surface area contributed by atoms with E-state index in [4.69, 9.17) is 22.7 Å². The molecule has 0 saturated heterocycles. The molecule has 0 aliphatic rings. The predicted octanol–water partition coefficient (Wildman–Crippen LogP) is 2.59. The van der Waals surface area contributed by atoms with Crippen molar-refractivity contribution in [3.63, 3.8) is 0 Å². The summed E-state index contributed by atoms with van der Waals surface area (Å²) in [5.74, 6) is 0. The highest BCUT2D eigenvalue weighted by atomic mass is 32.1. The van der Waals surface area contributed by atoms with Gasteiger partial charge in [0, 0.05) is 17.6 Å². The first-order valence-corrected chi connectivity index (χ1v) is 5.30. The summed E-state index contributed by atoms with van der Waals surface area (Å²) < 4.78 is 2.38. The van der Waals surface area contributed by atoms with Gasteiger partial charge in [-0.1, -0.05) is 0 Å². The average molecular weight is 240 g/mol. The monoisotopic (exact) mass is 240 g/mol. The van der Waals surface area contributed by atoms with E-state index in [0.29, 0.717) is 15.9 Å². The molecule has 1 aromatic carbocycles. The van der Waals surface area contributed by atoms with Gasteiger partial charge in [0.05, 0.1) is 11.1 Å². The van der Waals surface area contributed by atoms with Crippen molar-refractivity contribution in [3.8, 4) is 17.8 Å². The number of hydrogen-bond donors (Lipinski definition) is 1. The zero-order valence-corrected chi connectivity index (χ0v) is 9.88. The lowest BCUT2D eigenvalue weighted by Gasteiger charge is -2.06. The Hall–Kier alpha value is -2.37. The first kappa shape index (κ1) is 11.1. The van der Waals surface area contributed by atoms with Crippen LogP contribution in [0.1, 0.15) is 16.8 Å². The standard InChI is InChI=1S/C12H8N4S/c1-8-7-15-12(17)16(8)11-3-2-9(5-13)10(4-11)6-14/h2-4,7H,1H3,(H,15,17). The maximum absolute atomic E-state index is 8.97. The molecule has 0 fully saturated rings. The summed E-state index contributed by atoms with van der Waals surface area (Å²) in [6.45, 7) is 1.91. The minimum Gasteiger partial charge on any atom is -0.337 e. The number of nitrogens with one attached hydrogen (secondary N) is 1. The third-order valence-electron chi connectivity index (χ3n) is 2.46. The van der Waals surface area contributed by atoms with Crippen LogP contribution in [0.4, 0.5) is 0 Å². The molecule has 0 atom stereocenters. The highest BCUT2D eigenvalue weighted by molar-refractivity contribution is 7.71.